The first-order valence-electron chi connectivity index (χ1n) is 3.39. The van der Waals surface area contributed by atoms with Gasteiger partial charge in [0.15, 0.2) is 0 Å². The van der Waals surface area contributed by atoms with Gasteiger partial charge in [0, 0.05) is 18.8 Å². The maximum Gasteiger partial charge on any atom is 0.00686 e. The van der Waals surface area contributed by atoms with Crippen LogP contribution in [0.4, 0.5) is 0 Å². The van der Waals surface area contributed by atoms with Crippen molar-refractivity contribution in [2.24, 2.45) is 0 Å². The van der Waals surface area contributed by atoms with Gasteiger partial charge in [-0.1, -0.05) is 31.6 Å². The van der Waals surface area contributed by atoms with Crippen LogP contribution in [0.2, 0.25) is 0 Å². The van der Waals surface area contributed by atoms with Gasteiger partial charge in [-0.25, -0.2) is 4.31 Å². The van der Waals surface area contributed by atoms with E-state index in [-0.39, 0.29) is 0 Å². The van der Waals surface area contributed by atoms with Crippen molar-refractivity contribution in [2.45, 2.75) is 20.8 Å². The molecule has 0 aliphatic heterocycles. The van der Waals surface area contributed by atoms with Gasteiger partial charge in [0.2, 0.25) is 0 Å². The molecule has 0 rings (SSSR count). The molecule has 0 aliphatic carbocycles. The van der Waals surface area contributed by atoms with Crippen molar-refractivity contribution < 1.29 is 0 Å². The third-order valence-electron chi connectivity index (χ3n) is 0.981. The van der Waals surface area contributed by atoms with Crippen LogP contribution in [-0.2, 0) is 0 Å². The molecule has 0 fully saturated rings. The Labute approximate surface area is 66.1 Å². The average molecular weight is 165 g/mol. The summed E-state index contributed by atoms with van der Waals surface area (Å²) in [6.07, 6.45) is 0. The van der Waals surface area contributed by atoms with Crippen LogP contribution in [0.25, 0.3) is 0 Å². The highest BCUT2D eigenvalue weighted by atomic mass is 33.1. The van der Waals surface area contributed by atoms with Crippen LogP contribution in [0.5, 0.6) is 0 Å². The van der Waals surface area contributed by atoms with Gasteiger partial charge in [-0.2, -0.15) is 0 Å². The normalized spacial score (nSPS) is 10.7. The van der Waals surface area contributed by atoms with E-state index >= 15 is 0 Å². The first kappa shape index (κ1) is 9.66. The van der Waals surface area contributed by atoms with Crippen molar-refractivity contribution in [2.75, 3.05) is 18.8 Å². The van der Waals surface area contributed by atoms with Crippen molar-refractivity contribution in [3.8, 4) is 0 Å². The highest BCUT2D eigenvalue weighted by Gasteiger charge is 1.96. The molecule has 0 saturated heterocycles. The Balaban J connectivity index is 3.09. The SMILES string of the molecule is CCSSN(CC)CC. The summed E-state index contributed by atoms with van der Waals surface area (Å²) in [6.45, 7) is 8.85. The van der Waals surface area contributed by atoms with Gasteiger partial charge in [-0.05, 0) is 11.0 Å². The van der Waals surface area contributed by atoms with E-state index in [0.717, 1.165) is 13.1 Å². The summed E-state index contributed by atoms with van der Waals surface area (Å²) in [4.78, 5) is 0. The molecule has 9 heavy (non-hydrogen) atoms. The van der Waals surface area contributed by atoms with Crippen LogP contribution >= 0.6 is 21.8 Å². The zero-order valence-electron chi connectivity index (χ0n) is 6.39. The van der Waals surface area contributed by atoms with Crippen LogP contribution in [0.1, 0.15) is 20.8 Å². The van der Waals surface area contributed by atoms with E-state index in [1.54, 1.807) is 0 Å². The summed E-state index contributed by atoms with van der Waals surface area (Å²) in [5.74, 6) is 1.20. The van der Waals surface area contributed by atoms with Crippen molar-refractivity contribution >= 4 is 21.8 Å². The Morgan fingerprint density at radius 3 is 2.00 bits per heavy atom. The lowest BCUT2D eigenvalue weighted by molar-refractivity contribution is 0.530. The molecule has 0 heterocycles. The first-order chi connectivity index (χ1) is 4.35. The van der Waals surface area contributed by atoms with E-state index in [1.165, 1.54) is 5.75 Å². The molecular formula is C6H15NS2. The molecule has 0 aromatic carbocycles. The average Bonchev–Trinajstić information content (AvgIpc) is 1.91. The van der Waals surface area contributed by atoms with Gasteiger partial charge in [0.05, 0.1) is 0 Å². The molecule has 0 aromatic heterocycles. The molecule has 0 saturated carbocycles. The second kappa shape index (κ2) is 6.78. The van der Waals surface area contributed by atoms with E-state index in [2.05, 4.69) is 25.1 Å². The Kier molecular flexibility index (Phi) is 7.27. The van der Waals surface area contributed by atoms with Gasteiger partial charge < -0.3 is 0 Å². The zero-order valence-corrected chi connectivity index (χ0v) is 8.02. The Hall–Kier alpha value is 0.660. The summed E-state index contributed by atoms with van der Waals surface area (Å²) in [5, 5.41) is 0. The fraction of sp³-hybridized carbons (Fsp3) is 1.00. The lowest BCUT2D eigenvalue weighted by Gasteiger charge is -2.14. The van der Waals surface area contributed by atoms with Crippen molar-refractivity contribution in [3.63, 3.8) is 0 Å². The maximum atomic E-state index is 2.34. The molecule has 1 nitrogen and oxygen atoms in total. The highest BCUT2D eigenvalue weighted by Crippen LogP contribution is 2.24. The van der Waals surface area contributed by atoms with Crippen LogP contribution < -0.4 is 0 Å². The van der Waals surface area contributed by atoms with E-state index < -0.39 is 0 Å². The first-order valence-corrected chi connectivity index (χ1v) is 5.67. The molecule has 0 N–H and O–H groups in total. The molecule has 0 amide bonds. The van der Waals surface area contributed by atoms with Crippen LogP contribution in [0, 0.1) is 0 Å². The largest absolute Gasteiger partial charge is 0.242 e. The second-order valence-electron chi connectivity index (χ2n) is 1.60. The van der Waals surface area contributed by atoms with Crippen LogP contribution in [-0.4, -0.2) is 23.1 Å². The molecule has 0 atom stereocenters. The molecule has 0 aromatic rings. The van der Waals surface area contributed by atoms with E-state index in [9.17, 15) is 0 Å². The van der Waals surface area contributed by atoms with Crippen LogP contribution in [0.3, 0.4) is 0 Å². The smallest absolute Gasteiger partial charge is 0.00686 e. The summed E-state index contributed by atoms with van der Waals surface area (Å²) < 4.78 is 2.34. The lowest BCUT2D eigenvalue weighted by Crippen LogP contribution is -2.12. The lowest BCUT2D eigenvalue weighted by atomic mass is 10.7. The standard InChI is InChI=1S/C6H15NS2/c1-4-7(5-2)9-8-6-3/h4-6H2,1-3H3. The summed E-state index contributed by atoms with van der Waals surface area (Å²) in [7, 11) is 3.78. The van der Waals surface area contributed by atoms with Gasteiger partial charge in [0.1, 0.15) is 0 Å². The van der Waals surface area contributed by atoms with Gasteiger partial charge >= 0.3 is 0 Å². The minimum absolute atomic E-state index is 1.15. The number of nitrogens with zero attached hydrogens (tertiary/aromatic N) is 1. The number of hydrogen-bond acceptors (Lipinski definition) is 3. The Morgan fingerprint density at radius 1 is 1.11 bits per heavy atom. The maximum absolute atomic E-state index is 2.34. The minimum atomic E-state index is 1.15. The summed E-state index contributed by atoms with van der Waals surface area (Å²) in [6, 6.07) is 0. The van der Waals surface area contributed by atoms with Crippen molar-refractivity contribution in [1.82, 2.24) is 4.31 Å². The van der Waals surface area contributed by atoms with Crippen LogP contribution in [0.15, 0.2) is 0 Å². The summed E-state index contributed by atoms with van der Waals surface area (Å²) >= 11 is 0. The molecule has 0 aliphatic rings. The van der Waals surface area contributed by atoms with E-state index in [4.69, 9.17) is 0 Å². The third kappa shape index (κ3) is 5.12. The fourth-order valence-corrected chi connectivity index (χ4v) is 2.32. The molecule has 3 heteroatoms. The van der Waals surface area contributed by atoms with Crippen molar-refractivity contribution in [1.29, 1.82) is 0 Å². The fourth-order valence-electron chi connectivity index (χ4n) is 0.456. The molecular weight excluding hydrogens is 150 g/mol. The molecule has 56 valence electrons. The second-order valence-corrected chi connectivity index (χ2v) is 4.23. The van der Waals surface area contributed by atoms with E-state index in [0.29, 0.717) is 0 Å². The predicted molar refractivity (Wildman–Crippen MR) is 48.6 cm³/mol. The molecule has 0 radical (unpaired) electrons. The number of hydrogen-bond donors (Lipinski definition) is 0. The molecule has 0 spiro atoms. The Morgan fingerprint density at radius 2 is 1.67 bits per heavy atom. The van der Waals surface area contributed by atoms with Gasteiger partial charge in [0.25, 0.3) is 0 Å². The monoisotopic (exact) mass is 165 g/mol. The molecule has 0 unspecified atom stereocenters. The topological polar surface area (TPSA) is 3.24 Å². The molecule has 0 bridgehead atoms. The number of rotatable bonds is 5. The third-order valence-corrected chi connectivity index (χ3v) is 3.71. The van der Waals surface area contributed by atoms with Crippen molar-refractivity contribution in [3.05, 3.63) is 0 Å². The van der Waals surface area contributed by atoms with Gasteiger partial charge in [-0.3, -0.25) is 0 Å². The minimum Gasteiger partial charge on any atom is -0.242 e. The van der Waals surface area contributed by atoms with E-state index in [1.807, 2.05) is 21.8 Å². The predicted octanol–water partition coefficient (Wildman–Crippen LogP) is 2.64. The Bertz CT molecular complexity index is 55.0. The quantitative estimate of drug-likeness (QED) is 0.455. The highest BCUT2D eigenvalue weighted by molar-refractivity contribution is 8.75. The zero-order chi connectivity index (χ0) is 7.11. The summed E-state index contributed by atoms with van der Waals surface area (Å²) in [5.41, 5.74) is 0. The van der Waals surface area contributed by atoms with Gasteiger partial charge in [-0.15, -0.1) is 0 Å².